The number of amides is 1. The van der Waals surface area contributed by atoms with E-state index in [4.69, 9.17) is 5.14 Å². The number of sulfonamides is 1. The molecule has 120 valence electrons. The third-order valence-electron chi connectivity index (χ3n) is 3.93. The van der Waals surface area contributed by atoms with E-state index in [0.717, 1.165) is 27.5 Å². The average Bonchev–Trinajstić information content (AvgIpc) is 2.89. The number of nitrogens with one attached hydrogen (secondary N) is 1. The molecule has 0 fully saturated rings. The SMILES string of the molecule is NS(=O)(=O)c1ccc2c(c1)CC[C@H]2NC(=O)c1ccc(I)cc1. The molecular formula is C16H15IN2O3S. The molecule has 1 amide bonds. The molecule has 2 aromatic rings. The van der Waals surface area contributed by atoms with E-state index in [9.17, 15) is 13.2 Å². The van der Waals surface area contributed by atoms with Crippen molar-refractivity contribution >= 4 is 38.5 Å². The van der Waals surface area contributed by atoms with Gasteiger partial charge in [-0.15, -0.1) is 0 Å². The molecule has 1 aliphatic carbocycles. The van der Waals surface area contributed by atoms with Gasteiger partial charge in [-0.3, -0.25) is 4.79 Å². The number of carbonyl (C=O) groups is 1. The number of halogens is 1. The van der Waals surface area contributed by atoms with Crippen LogP contribution in [0.15, 0.2) is 47.4 Å². The van der Waals surface area contributed by atoms with E-state index >= 15 is 0 Å². The van der Waals surface area contributed by atoms with Gasteiger partial charge in [-0.2, -0.15) is 0 Å². The zero-order chi connectivity index (χ0) is 16.6. The van der Waals surface area contributed by atoms with Crippen LogP contribution in [-0.2, 0) is 16.4 Å². The third kappa shape index (κ3) is 3.56. The second-order valence-corrected chi connectivity index (χ2v) is 8.28. The number of rotatable bonds is 3. The summed E-state index contributed by atoms with van der Waals surface area (Å²) in [4.78, 5) is 12.4. The zero-order valence-electron chi connectivity index (χ0n) is 12.1. The number of fused-ring (bicyclic) bond motifs is 1. The third-order valence-corrected chi connectivity index (χ3v) is 5.56. The summed E-state index contributed by atoms with van der Waals surface area (Å²) >= 11 is 2.19. The van der Waals surface area contributed by atoms with Crippen molar-refractivity contribution in [3.05, 3.63) is 62.7 Å². The molecule has 0 bridgehead atoms. The summed E-state index contributed by atoms with van der Waals surface area (Å²) in [5, 5.41) is 8.16. The van der Waals surface area contributed by atoms with Gasteiger partial charge >= 0.3 is 0 Å². The van der Waals surface area contributed by atoms with Crippen LogP contribution in [0.4, 0.5) is 0 Å². The summed E-state index contributed by atoms with van der Waals surface area (Å²) in [5.74, 6) is -0.130. The van der Waals surface area contributed by atoms with Crippen molar-refractivity contribution in [2.24, 2.45) is 5.14 Å². The molecule has 3 N–H and O–H groups in total. The smallest absolute Gasteiger partial charge is 0.251 e. The minimum Gasteiger partial charge on any atom is -0.345 e. The molecule has 0 heterocycles. The Morgan fingerprint density at radius 1 is 1.17 bits per heavy atom. The lowest BCUT2D eigenvalue weighted by molar-refractivity contribution is 0.0936. The number of primary sulfonamides is 1. The fraction of sp³-hybridized carbons (Fsp3) is 0.188. The molecule has 0 aliphatic heterocycles. The number of hydrogen-bond donors (Lipinski definition) is 2. The van der Waals surface area contributed by atoms with E-state index in [0.29, 0.717) is 5.56 Å². The first-order valence-corrected chi connectivity index (χ1v) is 9.69. The van der Waals surface area contributed by atoms with Crippen LogP contribution in [0.1, 0.15) is 33.9 Å². The molecule has 23 heavy (non-hydrogen) atoms. The van der Waals surface area contributed by atoms with Gasteiger partial charge in [-0.1, -0.05) is 6.07 Å². The number of hydrogen-bond acceptors (Lipinski definition) is 3. The minimum absolute atomic E-state index is 0.105. The highest BCUT2D eigenvalue weighted by Crippen LogP contribution is 2.32. The number of carbonyl (C=O) groups excluding carboxylic acids is 1. The lowest BCUT2D eigenvalue weighted by atomic mass is 10.1. The molecule has 0 radical (unpaired) electrons. The van der Waals surface area contributed by atoms with Crippen LogP contribution in [0, 0.1) is 3.57 Å². The Labute approximate surface area is 148 Å². The first-order chi connectivity index (χ1) is 10.8. The highest BCUT2D eigenvalue weighted by atomic mass is 127. The van der Waals surface area contributed by atoms with Gasteiger partial charge in [-0.25, -0.2) is 13.6 Å². The predicted molar refractivity (Wildman–Crippen MR) is 95.5 cm³/mol. The summed E-state index contributed by atoms with van der Waals surface area (Å²) in [6, 6.07) is 12.1. The van der Waals surface area contributed by atoms with Crippen molar-refractivity contribution in [3.8, 4) is 0 Å². The van der Waals surface area contributed by atoms with Crippen LogP contribution in [0.25, 0.3) is 0 Å². The lowest BCUT2D eigenvalue weighted by Crippen LogP contribution is -2.27. The van der Waals surface area contributed by atoms with Crippen LogP contribution in [0.5, 0.6) is 0 Å². The maximum atomic E-state index is 12.3. The molecule has 5 nitrogen and oxygen atoms in total. The summed E-state index contributed by atoms with van der Waals surface area (Å²) in [6.45, 7) is 0. The summed E-state index contributed by atoms with van der Waals surface area (Å²) < 4.78 is 23.9. The topological polar surface area (TPSA) is 89.3 Å². The van der Waals surface area contributed by atoms with Gasteiger partial charge in [0.1, 0.15) is 0 Å². The first kappa shape index (κ1) is 16.4. The second-order valence-electron chi connectivity index (χ2n) is 5.48. The van der Waals surface area contributed by atoms with Gasteiger partial charge in [0.05, 0.1) is 10.9 Å². The largest absolute Gasteiger partial charge is 0.345 e. The molecule has 7 heteroatoms. The molecule has 2 aromatic carbocycles. The zero-order valence-corrected chi connectivity index (χ0v) is 15.1. The van der Waals surface area contributed by atoms with Crippen molar-refractivity contribution in [1.29, 1.82) is 0 Å². The van der Waals surface area contributed by atoms with Crippen LogP contribution >= 0.6 is 22.6 Å². The Morgan fingerprint density at radius 2 is 1.87 bits per heavy atom. The van der Waals surface area contributed by atoms with E-state index in [1.165, 1.54) is 6.07 Å². The Morgan fingerprint density at radius 3 is 2.52 bits per heavy atom. The normalized spacial score (nSPS) is 16.9. The monoisotopic (exact) mass is 442 g/mol. The van der Waals surface area contributed by atoms with Crippen LogP contribution < -0.4 is 10.5 Å². The second kappa shape index (κ2) is 6.21. The van der Waals surface area contributed by atoms with E-state index in [-0.39, 0.29) is 16.8 Å². The molecule has 0 spiro atoms. The van der Waals surface area contributed by atoms with Gasteiger partial charge < -0.3 is 5.32 Å². The van der Waals surface area contributed by atoms with E-state index in [1.807, 2.05) is 12.1 Å². The molecule has 1 aliphatic rings. The van der Waals surface area contributed by atoms with E-state index in [1.54, 1.807) is 24.3 Å². The molecule has 0 unspecified atom stereocenters. The van der Waals surface area contributed by atoms with Crippen molar-refractivity contribution in [2.45, 2.75) is 23.8 Å². The summed E-state index contributed by atoms with van der Waals surface area (Å²) in [7, 11) is -3.70. The number of nitrogens with two attached hydrogens (primary N) is 1. The summed E-state index contributed by atoms with van der Waals surface area (Å²) in [6.07, 6.45) is 1.47. The highest BCUT2D eigenvalue weighted by Gasteiger charge is 2.25. The first-order valence-electron chi connectivity index (χ1n) is 7.06. The lowest BCUT2D eigenvalue weighted by Gasteiger charge is -2.14. The van der Waals surface area contributed by atoms with Crippen molar-refractivity contribution in [3.63, 3.8) is 0 Å². The van der Waals surface area contributed by atoms with Crippen molar-refractivity contribution in [2.75, 3.05) is 0 Å². The predicted octanol–water partition coefficient (Wildman–Crippen LogP) is 2.36. The van der Waals surface area contributed by atoms with E-state index < -0.39 is 10.0 Å². The van der Waals surface area contributed by atoms with Crippen molar-refractivity contribution < 1.29 is 13.2 Å². The van der Waals surface area contributed by atoms with E-state index in [2.05, 4.69) is 27.9 Å². The maximum Gasteiger partial charge on any atom is 0.251 e. The average molecular weight is 442 g/mol. The highest BCUT2D eigenvalue weighted by molar-refractivity contribution is 14.1. The Kier molecular flexibility index (Phi) is 4.43. The summed E-state index contributed by atoms with van der Waals surface area (Å²) in [5.41, 5.74) is 2.49. The molecule has 0 saturated heterocycles. The quantitative estimate of drug-likeness (QED) is 0.716. The maximum absolute atomic E-state index is 12.3. The fourth-order valence-electron chi connectivity index (χ4n) is 2.76. The van der Waals surface area contributed by atoms with Crippen LogP contribution in [0.2, 0.25) is 0 Å². The van der Waals surface area contributed by atoms with Gasteiger partial charge in [0.15, 0.2) is 0 Å². The Bertz CT molecular complexity index is 863. The molecular weight excluding hydrogens is 427 g/mol. The molecule has 0 saturated carbocycles. The fourth-order valence-corrected chi connectivity index (χ4v) is 3.69. The Hall–Kier alpha value is -1.45. The van der Waals surface area contributed by atoms with Crippen LogP contribution in [-0.4, -0.2) is 14.3 Å². The van der Waals surface area contributed by atoms with Gasteiger partial charge in [0, 0.05) is 9.13 Å². The molecule has 1 atom stereocenters. The van der Waals surface area contributed by atoms with Gasteiger partial charge in [0.25, 0.3) is 5.91 Å². The Balaban J connectivity index is 1.80. The molecule has 3 rings (SSSR count). The molecule has 0 aromatic heterocycles. The van der Waals surface area contributed by atoms with Gasteiger partial charge in [-0.05, 0) is 83.0 Å². The number of benzene rings is 2. The number of aryl methyl sites for hydroxylation is 1. The van der Waals surface area contributed by atoms with Gasteiger partial charge in [0.2, 0.25) is 10.0 Å². The van der Waals surface area contributed by atoms with Crippen molar-refractivity contribution in [1.82, 2.24) is 5.32 Å². The van der Waals surface area contributed by atoms with Crippen LogP contribution in [0.3, 0.4) is 0 Å². The standard InChI is InChI=1S/C16H15IN2O3S/c17-12-4-1-10(2-5-12)16(20)19-15-8-3-11-9-13(23(18,21)22)6-7-14(11)15/h1-2,4-7,9,15H,3,8H2,(H,19,20)(H2,18,21,22)/t15-/m1/s1. The minimum atomic E-state index is -3.70.